The number of aromatic nitrogens is 1. The lowest BCUT2D eigenvalue weighted by molar-refractivity contribution is -0.144. The summed E-state index contributed by atoms with van der Waals surface area (Å²) in [6, 6.07) is 0.596. The van der Waals surface area contributed by atoms with E-state index in [4.69, 9.17) is 14.0 Å². The van der Waals surface area contributed by atoms with Crippen molar-refractivity contribution in [1.29, 1.82) is 0 Å². The number of nitrogens with one attached hydrogen (secondary N) is 1. The average Bonchev–Trinajstić information content (AvgIpc) is 3.19. The molecule has 9 nitrogen and oxygen atoms in total. The van der Waals surface area contributed by atoms with Gasteiger partial charge in [0, 0.05) is 26.0 Å². The molecule has 1 N–H and O–H groups in total. The van der Waals surface area contributed by atoms with Gasteiger partial charge in [0.25, 0.3) is 0 Å². The monoisotopic (exact) mass is 381 g/mol. The minimum absolute atomic E-state index is 0.110. The Labute approximate surface area is 158 Å². The van der Waals surface area contributed by atoms with Crippen LogP contribution in [0.4, 0.5) is 4.79 Å². The fourth-order valence-corrected chi connectivity index (χ4v) is 2.98. The Morgan fingerprint density at radius 2 is 2.11 bits per heavy atom. The van der Waals surface area contributed by atoms with Gasteiger partial charge in [-0.2, -0.15) is 0 Å². The van der Waals surface area contributed by atoms with Crippen LogP contribution in [0.15, 0.2) is 10.6 Å². The van der Waals surface area contributed by atoms with Crippen LogP contribution in [0.2, 0.25) is 0 Å². The molecule has 1 aliphatic heterocycles. The summed E-state index contributed by atoms with van der Waals surface area (Å²) < 4.78 is 15.5. The first-order chi connectivity index (χ1) is 12.6. The third-order valence-electron chi connectivity index (χ3n) is 4.07. The fraction of sp³-hybridized carbons (Fsp3) is 0.667. The largest absolute Gasteiger partial charge is 0.467 e. The number of nitrogens with zero attached hydrogens (tertiary/aromatic N) is 2. The molecule has 0 aliphatic carbocycles. The Morgan fingerprint density at radius 1 is 1.41 bits per heavy atom. The predicted octanol–water partition coefficient (Wildman–Crippen LogP) is 1.97. The molecule has 2 amide bonds. The van der Waals surface area contributed by atoms with E-state index in [1.54, 1.807) is 11.0 Å². The smallest absolute Gasteiger partial charge is 0.410 e. The second-order valence-corrected chi connectivity index (χ2v) is 7.53. The number of esters is 1. The molecule has 27 heavy (non-hydrogen) atoms. The summed E-state index contributed by atoms with van der Waals surface area (Å²) in [7, 11) is 1.25. The van der Waals surface area contributed by atoms with Crippen LogP contribution in [0.5, 0.6) is 0 Å². The predicted molar refractivity (Wildman–Crippen MR) is 94.7 cm³/mol. The van der Waals surface area contributed by atoms with Crippen molar-refractivity contribution < 1.29 is 28.4 Å². The minimum Gasteiger partial charge on any atom is -0.467 e. The number of hydrogen-bond donors (Lipinski definition) is 1. The molecule has 1 aromatic rings. The summed E-state index contributed by atoms with van der Waals surface area (Å²) in [4.78, 5) is 37.2. The molecule has 0 aromatic carbocycles. The molecule has 1 fully saturated rings. The van der Waals surface area contributed by atoms with Gasteiger partial charge in [-0.05, 0) is 33.6 Å². The van der Waals surface area contributed by atoms with E-state index in [1.807, 2.05) is 20.8 Å². The lowest BCUT2D eigenvalue weighted by Crippen LogP contribution is -2.41. The number of likely N-dealkylation sites (tertiary alicyclic amines) is 1. The molecule has 1 aromatic heterocycles. The number of amides is 2. The van der Waals surface area contributed by atoms with E-state index >= 15 is 0 Å². The zero-order valence-corrected chi connectivity index (χ0v) is 16.4. The standard InChI is InChI=1S/C18H27N3O6/c1-11(22)19-14(16(23)25-5)10-12-9-13(20-27-12)15-7-6-8-21(15)17(24)26-18(2,3)4/h9,14-15H,6-8,10H2,1-5H3,(H,19,22). The third kappa shape index (κ3) is 5.70. The van der Waals surface area contributed by atoms with Crippen LogP contribution >= 0.6 is 0 Å². The number of methoxy groups -OCH3 is 1. The fourth-order valence-electron chi connectivity index (χ4n) is 2.98. The van der Waals surface area contributed by atoms with Gasteiger partial charge in [0.15, 0.2) is 0 Å². The molecule has 150 valence electrons. The molecule has 2 unspecified atom stereocenters. The van der Waals surface area contributed by atoms with Gasteiger partial charge in [-0.15, -0.1) is 0 Å². The molecule has 2 rings (SSSR count). The van der Waals surface area contributed by atoms with Gasteiger partial charge in [-0.3, -0.25) is 9.69 Å². The molecule has 9 heteroatoms. The Morgan fingerprint density at radius 3 is 2.70 bits per heavy atom. The van der Waals surface area contributed by atoms with Crippen LogP contribution in [0.1, 0.15) is 58.0 Å². The summed E-state index contributed by atoms with van der Waals surface area (Å²) >= 11 is 0. The highest BCUT2D eigenvalue weighted by Gasteiger charge is 2.35. The lowest BCUT2D eigenvalue weighted by atomic mass is 10.1. The Balaban J connectivity index is 2.10. The lowest BCUT2D eigenvalue weighted by Gasteiger charge is -2.27. The molecular formula is C18H27N3O6. The Kier molecular flexibility index (Phi) is 6.45. The maximum absolute atomic E-state index is 12.4. The van der Waals surface area contributed by atoms with Crippen molar-refractivity contribution in [2.45, 2.75) is 64.6 Å². The van der Waals surface area contributed by atoms with Gasteiger partial charge >= 0.3 is 12.1 Å². The zero-order valence-electron chi connectivity index (χ0n) is 16.4. The number of carbonyl (C=O) groups excluding carboxylic acids is 3. The minimum atomic E-state index is -0.862. The van der Waals surface area contributed by atoms with Crippen LogP contribution in [0.25, 0.3) is 0 Å². The molecule has 0 saturated carbocycles. The number of ether oxygens (including phenoxy) is 2. The quantitative estimate of drug-likeness (QED) is 0.776. The summed E-state index contributed by atoms with van der Waals surface area (Å²) in [6.07, 6.45) is 1.30. The van der Waals surface area contributed by atoms with E-state index in [1.165, 1.54) is 14.0 Å². The SMILES string of the molecule is COC(=O)C(Cc1cc(C2CCCN2C(=O)OC(C)(C)C)no1)NC(C)=O. The van der Waals surface area contributed by atoms with E-state index in [-0.39, 0.29) is 24.5 Å². The molecule has 0 bridgehead atoms. The van der Waals surface area contributed by atoms with E-state index in [0.717, 1.165) is 12.8 Å². The zero-order chi connectivity index (χ0) is 20.2. The third-order valence-corrected chi connectivity index (χ3v) is 4.07. The number of carbonyl (C=O) groups is 3. The van der Waals surface area contributed by atoms with Gasteiger partial charge in [0.2, 0.25) is 5.91 Å². The first kappa shape index (κ1) is 20.7. The number of rotatable bonds is 5. The van der Waals surface area contributed by atoms with Gasteiger partial charge < -0.3 is 19.3 Å². The topological polar surface area (TPSA) is 111 Å². The summed E-state index contributed by atoms with van der Waals surface area (Å²) in [6.45, 7) is 7.36. The first-order valence-electron chi connectivity index (χ1n) is 8.90. The van der Waals surface area contributed by atoms with Crippen LogP contribution in [-0.4, -0.2) is 53.3 Å². The van der Waals surface area contributed by atoms with Crippen molar-refractivity contribution in [3.05, 3.63) is 17.5 Å². The van der Waals surface area contributed by atoms with E-state index in [2.05, 4.69) is 10.5 Å². The van der Waals surface area contributed by atoms with Crippen molar-refractivity contribution in [3.8, 4) is 0 Å². The summed E-state index contributed by atoms with van der Waals surface area (Å²) in [5, 5.41) is 6.58. The molecule has 0 spiro atoms. The highest BCUT2D eigenvalue weighted by atomic mass is 16.6. The normalized spacial score (nSPS) is 18.1. The molecule has 2 atom stereocenters. The van der Waals surface area contributed by atoms with Crippen molar-refractivity contribution in [1.82, 2.24) is 15.4 Å². The Hall–Kier alpha value is -2.58. The first-order valence-corrected chi connectivity index (χ1v) is 8.90. The highest BCUT2D eigenvalue weighted by Crippen LogP contribution is 2.33. The second kappa shape index (κ2) is 8.41. The van der Waals surface area contributed by atoms with Gasteiger partial charge in [0.05, 0.1) is 13.2 Å². The second-order valence-electron chi connectivity index (χ2n) is 7.53. The molecule has 1 aliphatic rings. The van der Waals surface area contributed by atoms with Gasteiger partial charge in [0.1, 0.15) is 23.1 Å². The molecule has 0 radical (unpaired) electrons. The van der Waals surface area contributed by atoms with Crippen molar-refractivity contribution in [3.63, 3.8) is 0 Å². The van der Waals surface area contributed by atoms with E-state index in [0.29, 0.717) is 18.0 Å². The van der Waals surface area contributed by atoms with Crippen LogP contribution in [0.3, 0.4) is 0 Å². The van der Waals surface area contributed by atoms with Crippen LogP contribution in [0, 0.1) is 0 Å². The molecule has 1 saturated heterocycles. The van der Waals surface area contributed by atoms with Crippen molar-refractivity contribution >= 4 is 18.0 Å². The van der Waals surface area contributed by atoms with E-state index < -0.39 is 17.6 Å². The van der Waals surface area contributed by atoms with Crippen molar-refractivity contribution in [2.24, 2.45) is 0 Å². The Bertz CT molecular complexity index is 694. The number of hydrogen-bond acceptors (Lipinski definition) is 7. The maximum Gasteiger partial charge on any atom is 0.410 e. The molecule has 2 heterocycles. The summed E-state index contributed by atoms with van der Waals surface area (Å²) in [5.41, 5.74) is 0.0190. The maximum atomic E-state index is 12.4. The van der Waals surface area contributed by atoms with Crippen LogP contribution < -0.4 is 5.32 Å². The van der Waals surface area contributed by atoms with Gasteiger partial charge in [-0.1, -0.05) is 5.16 Å². The van der Waals surface area contributed by atoms with Crippen LogP contribution in [-0.2, 0) is 25.5 Å². The highest BCUT2D eigenvalue weighted by molar-refractivity contribution is 5.83. The molecular weight excluding hydrogens is 354 g/mol. The summed E-state index contributed by atoms with van der Waals surface area (Å²) in [5.74, 6) is -0.499. The van der Waals surface area contributed by atoms with E-state index in [9.17, 15) is 14.4 Å². The average molecular weight is 381 g/mol. The van der Waals surface area contributed by atoms with Crippen molar-refractivity contribution in [2.75, 3.05) is 13.7 Å². The van der Waals surface area contributed by atoms with Gasteiger partial charge in [-0.25, -0.2) is 9.59 Å².